The number of hydrogen-bond donors (Lipinski definition) is 2. The van der Waals surface area contributed by atoms with Gasteiger partial charge >= 0.3 is 0 Å². The number of nitrogens with zero attached hydrogens (tertiary/aromatic N) is 3. The van der Waals surface area contributed by atoms with Crippen LogP contribution in [0.5, 0.6) is 5.75 Å². The number of pyridine rings is 3. The van der Waals surface area contributed by atoms with Crippen molar-refractivity contribution in [2.75, 3.05) is 19.5 Å². The van der Waals surface area contributed by atoms with Gasteiger partial charge in [-0.05, 0) is 24.3 Å². The van der Waals surface area contributed by atoms with Gasteiger partial charge in [0, 0.05) is 31.2 Å². The Morgan fingerprint density at radius 3 is 2.59 bits per heavy atom. The van der Waals surface area contributed by atoms with E-state index in [1.54, 1.807) is 36.7 Å². The fourth-order valence-electron chi connectivity index (χ4n) is 2.46. The molecular weight excluding hydrogens is 389 g/mol. The van der Waals surface area contributed by atoms with Gasteiger partial charge in [0.1, 0.15) is 5.15 Å². The number of halogens is 2. The lowest BCUT2D eigenvalue weighted by molar-refractivity contribution is 0.0963. The van der Waals surface area contributed by atoms with Gasteiger partial charge < -0.3 is 15.4 Å². The lowest BCUT2D eigenvalue weighted by Gasteiger charge is -2.15. The summed E-state index contributed by atoms with van der Waals surface area (Å²) >= 11 is 11.9. The topological polar surface area (TPSA) is 89.0 Å². The molecule has 1 amide bonds. The maximum atomic E-state index is 12.1. The fourth-order valence-corrected chi connectivity index (χ4v) is 2.73. The minimum absolute atomic E-state index is 0.236. The molecule has 0 aliphatic carbocycles. The first-order chi connectivity index (χ1) is 13.0. The summed E-state index contributed by atoms with van der Waals surface area (Å²) in [6, 6.07) is 6.84. The first-order valence-corrected chi connectivity index (χ1v) is 8.58. The van der Waals surface area contributed by atoms with E-state index in [1.807, 2.05) is 0 Å². The highest BCUT2D eigenvalue weighted by molar-refractivity contribution is 6.30. The Morgan fingerprint density at radius 1 is 1.11 bits per heavy atom. The number of hydrogen-bond acceptors (Lipinski definition) is 6. The van der Waals surface area contributed by atoms with E-state index < -0.39 is 0 Å². The largest absolute Gasteiger partial charge is 0.492 e. The van der Waals surface area contributed by atoms with E-state index in [1.165, 1.54) is 20.4 Å². The van der Waals surface area contributed by atoms with E-state index in [9.17, 15) is 4.79 Å². The summed E-state index contributed by atoms with van der Waals surface area (Å²) in [5.74, 6) is 0.554. The summed E-state index contributed by atoms with van der Waals surface area (Å²) in [6.07, 6.45) is 4.55. The lowest BCUT2D eigenvalue weighted by atomic mass is 10.1. The number of nitrogens with one attached hydrogen (secondary N) is 2. The Labute approximate surface area is 165 Å². The summed E-state index contributed by atoms with van der Waals surface area (Å²) in [5.41, 5.74) is 2.15. The smallest absolute Gasteiger partial charge is 0.254 e. The highest BCUT2D eigenvalue weighted by Crippen LogP contribution is 2.36. The highest BCUT2D eigenvalue weighted by atomic mass is 35.5. The van der Waals surface area contributed by atoms with Crippen LogP contribution in [0.3, 0.4) is 0 Å². The number of rotatable bonds is 5. The van der Waals surface area contributed by atoms with Crippen LogP contribution in [-0.4, -0.2) is 35.0 Å². The molecule has 0 saturated carbocycles. The van der Waals surface area contributed by atoms with E-state index in [2.05, 4.69) is 25.6 Å². The van der Waals surface area contributed by atoms with Gasteiger partial charge in [0.05, 0.1) is 29.1 Å². The molecule has 0 unspecified atom stereocenters. The molecule has 3 rings (SSSR count). The van der Waals surface area contributed by atoms with Gasteiger partial charge in [-0.25, -0.2) is 9.97 Å². The van der Waals surface area contributed by atoms with Crippen molar-refractivity contribution in [3.05, 3.63) is 58.6 Å². The molecule has 9 heteroatoms. The third kappa shape index (κ3) is 4.10. The van der Waals surface area contributed by atoms with Crippen molar-refractivity contribution >= 4 is 40.6 Å². The standard InChI is InChI=1S/C18H15Cl2N5O2/c1-21-18(26)12-9-24-15(20)7-14(12)25-17-16(27-2)11(5-6-22-17)13-4-3-10(19)8-23-13/h3-9H,1-2H3,(H,21,26)(H,22,24,25). The summed E-state index contributed by atoms with van der Waals surface area (Å²) in [5, 5.41) is 6.43. The lowest BCUT2D eigenvalue weighted by Crippen LogP contribution is -2.19. The van der Waals surface area contributed by atoms with Gasteiger partial charge in [0.15, 0.2) is 11.6 Å². The van der Waals surface area contributed by atoms with Crippen LogP contribution in [0.1, 0.15) is 10.4 Å². The number of carbonyl (C=O) groups excluding carboxylic acids is 1. The van der Waals surface area contributed by atoms with Crippen LogP contribution in [-0.2, 0) is 0 Å². The molecule has 27 heavy (non-hydrogen) atoms. The van der Waals surface area contributed by atoms with Crippen LogP contribution in [0.15, 0.2) is 42.9 Å². The molecule has 0 fully saturated rings. The molecule has 0 bridgehead atoms. The van der Waals surface area contributed by atoms with Crippen LogP contribution in [0, 0.1) is 0 Å². The van der Waals surface area contributed by atoms with Gasteiger partial charge in [-0.15, -0.1) is 0 Å². The molecule has 0 spiro atoms. The third-order valence-electron chi connectivity index (χ3n) is 3.71. The van der Waals surface area contributed by atoms with E-state index in [4.69, 9.17) is 27.9 Å². The average Bonchev–Trinajstić information content (AvgIpc) is 2.68. The SMILES string of the molecule is CNC(=O)c1cnc(Cl)cc1Nc1nccc(-c2ccc(Cl)cn2)c1OC. The highest BCUT2D eigenvalue weighted by Gasteiger charge is 2.17. The summed E-state index contributed by atoms with van der Waals surface area (Å²) in [4.78, 5) is 24.7. The Hall–Kier alpha value is -2.90. The zero-order valence-electron chi connectivity index (χ0n) is 14.5. The van der Waals surface area contributed by atoms with Crippen molar-refractivity contribution in [2.45, 2.75) is 0 Å². The maximum absolute atomic E-state index is 12.1. The molecule has 138 valence electrons. The molecule has 0 radical (unpaired) electrons. The predicted molar refractivity (Wildman–Crippen MR) is 105 cm³/mol. The Bertz CT molecular complexity index is 980. The Morgan fingerprint density at radius 2 is 1.93 bits per heavy atom. The van der Waals surface area contributed by atoms with E-state index in [0.29, 0.717) is 39.1 Å². The minimum Gasteiger partial charge on any atom is -0.492 e. The van der Waals surface area contributed by atoms with Crippen LogP contribution in [0.4, 0.5) is 11.5 Å². The fraction of sp³-hybridized carbons (Fsp3) is 0.111. The average molecular weight is 404 g/mol. The van der Waals surface area contributed by atoms with Gasteiger partial charge in [-0.2, -0.15) is 0 Å². The van der Waals surface area contributed by atoms with Crippen LogP contribution in [0.2, 0.25) is 10.2 Å². The number of aromatic nitrogens is 3. The molecule has 0 aliphatic heterocycles. The number of anilines is 2. The minimum atomic E-state index is -0.309. The Balaban J connectivity index is 2.06. The van der Waals surface area contributed by atoms with Crippen molar-refractivity contribution in [3.8, 4) is 17.0 Å². The summed E-state index contributed by atoms with van der Waals surface area (Å²) in [6.45, 7) is 0. The van der Waals surface area contributed by atoms with Crippen LogP contribution in [0.25, 0.3) is 11.3 Å². The summed E-state index contributed by atoms with van der Waals surface area (Å²) in [7, 11) is 3.06. The summed E-state index contributed by atoms with van der Waals surface area (Å²) < 4.78 is 5.54. The molecule has 0 atom stereocenters. The van der Waals surface area contributed by atoms with Gasteiger partial charge in [-0.1, -0.05) is 23.2 Å². The van der Waals surface area contributed by atoms with Crippen LogP contribution >= 0.6 is 23.2 Å². The van der Waals surface area contributed by atoms with Crippen molar-refractivity contribution in [1.29, 1.82) is 0 Å². The molecule has 7 nitrogen and oxygen atoms in total. The monoisotopic (exact) mass is 403 g/mol. The van der Waals surface area contributed by atoms with Gasteiger partial charge in [0.2, 0.25) is 0 Å². The zero-order chi connectivity index (χ0) is 19.4. The van der Waals surface area contributed by atoms with E-state index in [-0.39, 0.29) is 11.1 Å². The number of carbonyl (C=O) groups is 1. The second-order valence-electron chi connectivity index (χ2n) is 5.36. The molecule has 3 heterocycles. The van der Waals surface area contributed by atoms with Crippen molar-refractivity contribution in [3.63, 3.8) is 0 Å². The first kappa shape index (κ1) is 18.9. The molecule has 0 saturated heterocycles. The number of methoxy groups -OCH3 is 1. The van der Waals surface area contributed by atoms with Gasteiger partial charge in [-0.3, -0.25) is 9.78 Å². The Kier molecular flexibility index (Phi) is 5.73. The second kappa shape index (κ2) is 8.20. The number of amides is 1. The van der Waals surface area contributed by atoms with Crippen molar-refractivity contribution in [1.82, 2.24) is 20.3 Å². The van der Waals surface area contributed by atoms with E-state index >= 15 is 0 Å². The second-order valence-corrected chi connectivity index (χ2v) is 6.18. The van der Waals surface area contributed by atoms with Gasteiger partial charge in [0.25, 0.3) is 5.91 Å². The quantitative estimate of drug-likeness (QED) is 0.626. The zero-order valence-corrected chi connectivity index (χ0v) is 16.0. The van der Waals surface area contributed by atoms with E-state index in [0.717, 1.165) is 0 Å². The molecule has 0 aliphatic rings. The molecule has 2 N–H and O–H groups in total. The molecule has 3 aromatic heterocycles. The molecule has 0 aromatic carbocycles. The molecular formula is C18H15Cl2N5O2. The molecule has 3 aromatic rings. The first-order valence-electron chi connectivity index (χ1n) is 7.83. The van der Waals surface area contributed by atoms with Crippen molar-refractivity contribution in [2.24, 2.45) is 0 Å². The van der Waals surface area contributed by atoms with Crippen LogP contribution < -0.4 is 15.4 Å². The number of ether oxygens (including phenoxy) is 1. The normalized spacial score (nSPS) is 10.4. The van der Waals surface area contributed by atoms with Crippen molar-refractivity contribution < 1.29 is 9.53 Å². The maximum Gasteiger partial charge on any atom is 0.254 e. The predicted octanol–water partition coefficient (Wildman–Crippen LogP) is 3.96. The third-order valence-corrected chi connectivity index (χ3v) is 4.14.